The first kappa shape index (κ1) is 20.5. The zero-order chi connectivity index (χ0) is 22.1. The first-order valence-corrected chi connectivity index (χ1v) is 11.4. The molecular formula is C26H14Cl2N2OS. The highest BCUT2D eigenvalue weighted by molar-refractivity contribution is 7.11. The van der Waals surface area contributed by atoms with Crippen molar-refractivity contribution in [1.29, 1.82) is 5.26 Å². The number of hydrogen-bond acceptors (Lipinski definition) is 4. The number of nitrogens with zero attached hydrogens (tertiary/aromatic N) is 2. The van der Waals surface area contributed by atoms with E-state index in [4.69, 9.17) is 32.6 Å². The van der Waals surface area contributed by atoms with Crippen molar-refractivity contribution in [1.82, 2.24) is 4.98 Å². The van der Waals surface area contributed by atoms with Crippen LogP contribution in [0.5, 0.6) is 0 Å². The van der Waals surface area contributed by atoms with Gasteiger partial charge in [-0.2, -0.15) is 5.26 Å². The van der Waals surface area contributed by atoms with Crippen LogP contribution in [0.25, 0.3) is 45.0 Å². The fraction of sp³-hybridized carbons (Fsp3) is 0. The molecule has 0 aliphatic carbocycles. The molecule has 0 saturated carbocycles. The van der Waals surface area contributed by atoms with Gasteiger partial charge in [-0.3, -0.25) is 0 Å². The van der Waals surface area contributed by atoms with Crippen molar-refractivity contribution in [3.8, 4) is 28.7 Å². The second-order valence-electron chi connectivity index (χ2n) is 7.10. The Morgan fingerprint density at radius 1 is 0.906 bits per heavy atom. The van der Waals surface area contributed by atoms with Crippen LogP contribution in [0.3, 0.4) is 0 Å². The third-order valence-electron chi connectivity index (χ3n) is 5.02. The number of rotatable bonds is 4. The van der Waals surface area contributed by atoms with Gasteiger partial charge in [-0.05, 0) is 47.2 Å². The number of thiazole rings is 1. The lowest BCUT2D eigenvalue weighted by atomic mass is 10.1. The van der Waals surface area contributed by atoms with Gasteiger partial charge in [-0.1, -0.05) is 59.6 Å². The van der Waals surface area contributed by atoms with Gasteiger partial charge in [-0.25, -0.2) is 4.98 Å². The van der Waals surface area contributed by atoms with Crippen LogP contribution in [0.15, 0.2) is 82.6 Å². The average molecular weight is 473 g/mol. The highest BCUT2D eigenvalue weighted by atomic mass is 35.5. The van der Waals surface area contributed by atoms with E-state index >= 15 is 0 Å². The average Bonchev–Trinajstić information content (AvgIpc) is 3.49. The van der Waals surface area contributed by atoms with Gasteiger partial charge < -0.3 is 4.42 Å². The lowest BCUT2D eigenvalue weighted by molar-refractivity contribution is 0.572. The maximum Gasteiger partial charge on any atom is 0.134 e. The van der Waals surface area contributed by atoms with Crippen LogP contribution in [-0.2, 0) is 0 Å². The van der Waals surface area contributed by atoms with E-state index in [1.54, 1.807) is 18.2 Å². The third-order valence-corrected chi connectivity index (χ3v) is 6.63. The topological polar surface area (TPSA) is 49.8 Å². The fourth-order valence-electron chi connectivity index (χ4n) is 3.40. The molecule has 0 saturated heterocycles. The zero-order valence-corrected chi connectivity index (χ0v) is 18.9. The number of allylic oxidation sites excluding steroid dienone is 1. The predicted octanol–water partition coefficient (Wildman–Crippen LogP) is 8.59. The van der Waals surface area contributed by atoms with Crippen LogP contribution in [0.2, 0.25) is 10.0 Å². The summed E-state index contributed by atoms with van der Waals surface area (Å²) in [7, 11) is 0. The summed E-state index contributed by atoms with van der Waals surface area (Å²) >= 11 is 13.5. The molecule has 3 nitrogen and oxygen atoms in total. The van der Waals surface area contributed by atoms with E-state index in [-0.39, 0.29) is 0 Å². The van der Waals surface area contributed by atoms with E-state index < -0.39 is 0 Å². The predicted molar refractivity (Wildman–Crippen MR) is 133 cm³/mol. The van der Waals surface area contributed by atoms with Crippen LogP contribution in [0, 0.1) is 11.3 Å². The molecule has 6 heteroatoms. The Morgan fingerprint density at radius 2 is 1.72 bits per heavy atom. The molecular weight excluding hydrogens is 459 g/mol. The minimum absolute atomic E-state index is 0.442. The molecule has 5 rings (SSSR count). The van der Waals surface area contributed by atoms with Gasteiger partial charge in [0.05, 0.1) is 21.3 Å². The first-order chi connectivity index (χ1) is 15.6. The van der Waals surface area contributed by atoms with Crippen molar-refractivity contribution in [3.05, 3.63) is 99.0 Å². The minimum Gasteiger partial charge on any atom is -0.457 e. The second-order valence-corrected chi connectivity index (χ2v) is 8.77. The number of benzene rings is 3. The molecule has 2 aromatic heterocycles. The van der Waals surface area contributed by atoms with Gasteiger partial charge in [0.25, 0.3) is 0 Å². The van der Waals surface area contributed by atoms with Crippen molar-refractivity contribution >= 4 is 57.0 Å². The van der Waals surface area contributed by atoms with Crippen LogP contribution < -0.4 is 0 Å². The number of hydrogen-bond donors (Lipinski definition) is 0. The minimum atomic E-state index is 0.442. The molecule has 0 spiro atoms. The van der Waals surface area contributed by atoms with Crippen LogP contribution >= 0.6 is 34.5 Å². The van der Waals surface area contributed by atoms with E-state index in [1.807, 2.05) is 41.8 Å². The largest absolute Gasteiger partial charge is 0.457 e. The maximum atomic E-state index is 9.73. The number of aromatic nitrogens is 1. The molecule has 0 atom stereocenters. The molecule has 0 bridgehead atoms. The number of fused-ring (bicyclic) bond motifs is 1. The van der Waals surface area contributed by atoms with Crippen molar-refractivity contribution in [3.63, 3.8) is 0 Å². The zero-order valence-electron chi connectivity index (χ0n) is 16.5. The second kappa shape index (κ2) is 8.64. The molecule has 154 valence electrons. The fourth-order valence-corrected chi connectivity index (χ4v) is 4.49. The molecule has 0 N–H and O–H groups in total. The van der Waals surface area contributed by atoms with E-state index in [0.717, 1.165) is 22.2 Å². The Labute approximate surface area is 198 Å². The Balaban J connectivity index is 1.44. The van der Waals surface area contributed by atoms with Crippen LogP contribution in [0.1, 0.15) is 10.8 Å². The summed E-state index contributed by atoms with van der Waals surface area (Å²) in [5.41, 5.74) is 3.11. The molecule has 3 aromatic carbocycles. The summed E-state index contributed by atoms with van der Waals surface area (Å²) in [4.78, 5) is 4.69. The lowest BCUT2D eigenvalue weighted by Crippen LogP contribution is -1.83. The summed E-state index contributed by atoms with van der Waals surface area (Å²) < 4.78 is 5.91. The molecule has 32 heavy (non-hydrogen) atoms. The Hall–Kier alpha value is -3.36. The van der Waals surface area contributed by atoms with Crippen LogP contribution in [0.4, 0.5) is 0 Å². The smallest absolute Gasteiger partial charge is 0.134 e. The SMILES string of the molecule is N#C/C(=C\c1ccc(-c2ccc(Cl)c(Cl)c2)o1)c1nc(-c2ccc3ccccc3c2)cs1. The summed E-state index contributed by atoms with van der Waals surface area (Å²) in [6.45, 7) is 0. The molecule has 0 unspecified atom stereocenters. The monoisotopic (exact) mass is 472 g/mol. The third kappa shape index (κ3) is 4.06. The molecule has 0 aliphatic heterocycles. The van der Waals surface area contributed by atoms with Crippen molar-refractivity contribution < 1.29 is 4.42 Å². The van der Waals surface area contributed by atoms with Crippen molar-refractivity contribution in [2.45, 2.75) is 0 Å². The maximum absolute atomic E-state index is 9.73. The Morgan fingerprint density at radius 3 is 2.53 bits per heavy atom. The Kier molecular flexibility index (Phi) is 5.55. The number of furan rings is 1. The lowest BCUT2D eigenvalue weighted by Gasteiger charge is -2.01. The van der Waals surface area contributed by atoms with Gasteiger partial charge in [0.1, 0.15) is 22.6 Å². The molecule has 0 radical (unpaired) electrons. The summed E-state index contributed by atoms with van der Waals surface area (Å²) in [6, 6.07) is 25.6. The molecule has 5 aromatic rings. The van der Waals surface area contributed by atoms with Gasteiger partial charge in [0, 0.05) is 22.6 Å². The van der Waals surface area contributed by atoms with Crippen LogP contribution in [-0.4, -0.2) is 4.98 Å². The summed E-state index contributed by atoms with van der Waals surface area (Å²) in [5, 5.41) is 15.6. The van der Waals surface area contributed by atoms with Crippen molar-refractivity contribution in [2.24, 2.45) is 0 Å². The highest BCUT2D eigenvalue weighted by Gasteiger charge is 2.12. The van der Waals surface area contributed by atoms with Gasteiger partial charge in [0.15, 0.2) is 0 Å². The van der Waals surface area contributed by atoms with Gasteiger partial charge >= 0.3 is 0 Å². The van der Waals surface area contributed by atoms with Crippen molar-refractivity contribution in [2.75, 3.05) is 0 Å². The number of nitriles is 1. The summed E-state index contributed by atoms with van der Waals surface area (Å²) in [5.74, 6) is 1.20. The van der Waals surface area contributed by atoms with E-state index in [9.17, 15) is 5.26 Å². The van der Waals surface area contributed by atoms with E-state index in [2.05, 4.69) is 30.3 Å². The standard InChI is InChI=1S/C26H14Cl2N2OS/c27-22-9-7-19(13-23(22)28)25-10-8-21(31-25)12-20(14-29)26-30-24(15-32-26)18-6-5-16-3-1-2-4-17(16)11-18/h1-13,15H/b20-12+. The van der Waals surface area contributed by atoms with Gasteiger partial charge in [-0.15, -0.1) is 11.3 Å². The summed E-state index contributed by atoms with van der Waals surface area (Å²) in [6.07, 6.45) is 1.70. The number of halogens is 2. The van der Waals surface area contributed by atoms with E-state index in [1.165, 1.54) is 16.7 Å². The molecule has 0 amide bonds. The quantitative estimate of drug-likeness (QED) is 0.246. The first-order valence-electron chi connectivity index (χ1n) is 9.73. The molecule has 2 heterocycles. The molecule has 0 aliphatic rings. The van der Waals surface area contributed by atoms with Gasteiger partial charge in [0.2, 0.25) is 0 Å². The Bertz CT molecular complexity index is 1520. The molecule has 0 fully saturated rings. The van der Waals surface area contributed by atoms with E-state index in [0.29, 0.717) is 32.1 Å². The normalized spacial score (nSPS) is 11.6. The highest BCUT2D eigenvalue weighted by Crippen LogP contribution is 2.32.